The summed E-state index contributed by atoms with van der Waals surface area (Å²) in [6.07, 6.45) is 3.93. The van der Waals surface area contributed by atoms with Crippen LogP contribution in [0, 0.1) is 11.8 Å². The Morgan fingerprint density at radius 3 is 2.73 bits per heavy atom. The highest BCUT2D eigenvalue weighted by molar-refractivity contribution is 4.85. The van der Waals surface area contributed by atoms with Crippen molar-refractivity contribution in [1.29, 1.82) is 0 Å². The van der Waals surface area contributed by atoms with Crippen LogP contribution in [-0.2, 0) is 4.74 Å². The van der Waals surface area contributed by atoms with Crippen molar-refractivity contribution in [1.82, 2.24) is 4.90 Å². The normalized spacial score (nSPS) is 32.2. The predicted molar refractivity (Wildman–Crippen MR) is 63.9 cm³/mol. The Morgan fingerprint density at radius 1 is 1.40 bits per heavy atom. The van der Waals surface area contributed by atoms with E-state index < -0.39 is 0 Å². The molecule has 0 radical (unpaired) electrons. The molecular weight excluding hydrogens is 188 g/mol. The third-order valence-electron chi connectivity index (χ3n) is 3.74. The van der Waals surface area contributed by atoms with Gasteiger partial charge in [-0.15, -0.1) is 0 Å². The smallest absolute Gasteiger partial charge is 0.0589 e. The topological polar surface area (TPSA) is 38.5 Å². The van der Waals surface area contributed by atoms with Gasteiger partial charge in [0.1, 0.15) is 0 Å². The van der Waals surface area contributed by atoms with Gasteiger partial charge in [-0.05, 0) is 38.3 Å². The van der Waals surface area contributed by atoms with E-state index in [9.17, 15) is 0 Å². The summed E-state index contributed by atoms with van der Waals surface area (Å²) in [5.41, 5.74) is 5.85. The molecule has 0 aromatic rings. The lowest BCUT2D eigenvalue weighted by atomic mass is 9.78. The second kappa shape index (κ2) is 6.46. The van der Waals surface area contributed by atoms with Crippen LogP contribution < -0.4 is 5.73 Å². The maximum atomic E-state index is 5.85. The van der Waals surface area contributed by atoms with Crippen LogP contribution in [0.25, 0.3) is 0 Å². The van der Waals surface area contributed by atoms with Crippen molar-refractivity contribution in [2.75, 3.05) is 33.9 Å². The third kappa shape index (κ3) is 3.74. The largest absolute Gasteiger partial charge is 0.383 e. The van der Waals surface area contributed by atoms with E-state index in [2.05, 4.69) is 18.9 Å². The number of nitrogens with zero attached hydrogens (tertiary/aromatic N) is 1. The van der Waals surface area contributed by atoms with Crippen molar-refractivity contribution in [2.45, 2.75) is 32.2 Å². The quantitative estimate of drug-likeness (QED) is 0.750. The van der Waals surface area contributed by atoms with Gasteiger partial charge in [-0.1, -0.05) is 13.3 Å². The fourth-order valence-electron chi connectivity index (χ4n) is 2.63. The Bertz CT molecular complexity index is 175. The van der Waals surface area contributed by atoms with E-state index in [0.717, 1.165) is 25.6 Å². The van der Waals surface area contributed by atoms with Crippen LogP contribution in [0.2, 0.25) is 0 Å². The fourth-order valence-corrected chi connectivity index (χ4v) is 2.63. The summed E-state index contributed by atoms with van der Waals surface area (Å²) >= 11 is 0. The Hall–Kier alpha value is -0.120. The Balaban J connectivity index is 2.46. The van der Waals surface area contributed by atoms with Crippen LogP contribution >= 0.6 is 0 Å². The van der Waals surface area contributed by atoms with Gasteiger partial charge in [0.25, 0.3) is 0 Å². The highest BCUT2D eigenvalue weighted by atomic mass is 16.5. The first kappa shape index (κ1) is 12.9. The zero-order valence-corrected chi connectivity index (χ0v) is 10.4. The summed E-state index contributed by atoms with van der Waals surface area (Å²) in [5, 5.41) is 0. The molecular formula is C12H26N2O. The van der Waals surface area contributed by atoms with Crippen molar-refractivity contribution >= 4 is 0 Å². The molecule has 1 rings (SSSR count). The Kier molecular flexibility index (Phi) is 5.58. The van der Waals surface area contributed by atoms with E-state index in [1.54, 1.807) is 7.11 Å². The third-order valence-corrected chi connectivity index (χ3v) is 3.74. The minimum Gasteiger partial charge on any atom is -0.383 e. The lowest BCUT2D eigenvalue weighted by Crippen LogP contribution is -2.45. The molecule has 1 aliphatic rings. The van der Waals surface area contributed by atoms with E-state index in [4.69, 9.17) is 10.5 Å². The fraction of sp³-hybridized carbons (Fsp3) is 1.00. The maximum absolute atomic E-state index is 5.85. The average Bonchev–Trinajstić information content (AvgIpc) is 2.25. The summed E-state index contributed by atoms with van der Waals surface area (Å²) in [4.78, 5) is 2.43. The first-order valence-corrected chi connectivity index (χ1v) is 6.08. The predicted octanol–water partition coefficient (Wildman–Crippen LogP) is 1.33. The number of ether oxygens (including phenoxy) is 1. The van der Waals surface area contributed by atoms with Crippen LogP contribution in [0.3, 0.4) is 0 Å². The second-order valence-corrected chi connectivity index (χ2v) is 4.95. The van der Waals surface area contributed by atoms with Crippen molar-refractivity contribution in [3.05, 3.63) is 0 Å². The van der Waals surface area contributed by atoms with Gasteiger partial charge < -0.3 is 15.4 Å². The van der Waals surface area contributed by atoms with Crippen LogP contribution in [0.15, 0.2) is 0 Å². The van der Waals surface area contributed by atoms with Gasteiger partial charge in [0.05, 0.1) is 6.61 Å². The zero-order chi connectivity index (χ0) is 11.3. The van der Waals surface area contributed by atoms with Gasteiger partial charge in [-0.3, -0.25) is 0 Å². The van der Waals surface area contributed by atoms with E-state index in [1.807, 2.05) is 0 Å². The van der Waals surface area contributed by atoms with Crippen molar-refractivity contribution in [2.24, 2.45) is 17.6 Å². The SMILES string of the molecule is COCCN(C)C1CC(C)CCC1CN. The first-order valence-electron chi connectivity index (χ1n) is 6.08. The molecule has 3 atom stereocenters. The van der Waals surface area contributed by atoms with Crippen LogP contribution in [0.4, 0.5) is 0 Å². The molecule has 1 aliphatic carbocycles. The molecule has 0 saturated heterocycles. The molecule has 1 saturated carbocycles. The molecule has 2 N–H and O–H groups in total. The highest BCUT2D eigenvalue weighted by Crippen LogP contribution is 2.30. The second-order valence-electron chi connectivity index (χ2n) is 4.95. The molecule has 0 amide bonds. The molecule has 0 aromatic carbocycles. The lowest BCUT2D eigenvalue weighted by molar-refractivity contribution is 0.0791. The molecule has 0 aliphatic heterocycles. The summed E-state index contributed by atoms with van der Waals surface area (Å²) in [6.45, 7) is 5.02. The summed E-state index contributed by atoms with van der Waals surface area (Å²) < 4.78 is 5.13. The van der Waals surface area contributed by atoms with Crippen molar-refractivity contribution < 1.29 is 4.74 Å². The molecule has 0 aromatic heterocycles. The van der Waals surface area contributed by atoms with Gasteiger partial charge in [0, 0.05) is 19.7 Å². The van der Waals surface area contributed by atoms with Gasteiger partial charge in [0.15, 0.2) is 0 Å². The number of rotatable bonds is 5. The van der Waals surface area contributed by atoms with Crippen LogP contribution in [-0.4, -0.2) is 44.8 Å². The Labute approximate surface area is 94.0 Å². The number of hydrogen-bond donors (Lipinski definition) is 1. The number of hydrogen-bond acceptors (Lipinski definition) is 3. The maximum Gasteiger partial charge on any atom is 0.0589 e. The molecule has 3 heteroatoms. The average molecular weight is 214 g/mol. The molecule has 0 bridgehead atoms. The van der Waals surface area contributed by atoms with Crippen molar-refractivity contribution in [3.8, 4) is 0 Å². The van der Waals surface area contributed by atoms with Crippen molar-refractivity contribution in [3.63, 3.8) is 0 Å². The zero-order valence-electron chi connectivity index (χ0n) is 10.4. The summed E-state index contributed by atoms with van der Waals surface area (Å²) in [5.74, 6) is 1.53. The molecule has 15 heavy (non-hydrogen) atoms. The standard InChI is InChI=1S/C12H26N2O/c1-10-4-5-11(9-13)12(8-10)14(2)6-7-15-3/h10-12H,4-9,13H2,1-3H3. The molecule has 0 spiro atoms. The minimum absolute atomic E-state index is 0.661. The molecule has 1 fully saturated rings. The summed E-state index contributed by atoms with van der Waals surface area (Å²) in [6, 6.07) is 0.661. The van der Waals surface area contributed by atoms with E-state index in [1.165, 1.54) is 19.3 Å². The lowest BCUT2D eigenvalue weighted by Gasteiger charge is -2.40. The number of likely N-dealkylation sites (N-methyl/N-ethyl adjacent to an activating group) is 1. The first-order chi connectivity index (χ1) is 7.19. The van der Waals surface area contributed by atoms with Gasteiger partial charge in [-0.2, -0.15) is 0 Å². The van der Waals surface area contributed by atoms with E-state index in [0.29, 0.717) is 12.0 Å². The number of methoxy groups -OCH3 is 1. The van der Waals surface area contributed by atoms with Gasteiger partial charge >= 0.3 is 0 Å². The van der Waals surface area contributed by atoms with Crippen LogP contribution in [0.5, 0.6) is 0 Å². The molecule has 0 heterocycles. The van der Waals surface area contributed by atoms with E-state index in [-0.39, 0.29) is 0 Å². The van der Waals surface area contributed by atoms with E-state index >= 15 is 0 Å². The molecule has 3 unspecified atom stereocenters. The Morgan fingerprint density at radius 2 is 2.13 bits per heavy atom. The monoisotopic (exact) mass is 214 g/mol. The van der Waals surface area contributed by atoms with Gasteiger partial charge in [0.2, 0.25) is 0 Å². The summed E-state index contributed by atoms with van der Waals surface area (Å²) in [7, 11) is 3.96. The number of nitrogens with two attached hydrogens (primary N) is 1. The minimum atomic E-state index is 0.661. The van der Waals surface area contributed by atoms with Gasteiger partial charge in [-0.25, -0.2) is 0 Å². The van der Waals surface area contributed by atoms with Crippen LogP contribution in [0.1, 0.15) is 26.2 Å². The molecule has 90 valence electrons. The molecule has 3 nitrogen and oxygen atoms in total. The highest BCUT2D eigenvalue weighted by Gasteiger charge is 2.30.